The molecule has 0 aliphatic heterocycles. The Morgan fingerprint density at radius 3 is 2.56 bits per heavy atom. The van der Waals surface area contributed by atoms with Crippen LogP contribution in [0.15, 0.2) is 9.95 Å². The largest absolute Gasteiger partial charge is 0.389 e. The highest BCUT2D eigenvalue weighted by atomic mass is 32.2. The molecule has 0 spiro atoms. The molecule has 0 unspecified atom stereocenters. The van der Waals surface area contributed by atoms with Crippen molar-refractivity contribution in [2.45, 2.75) is 17.8 Å². The molecule has 1 rings (SSSR count). The number of rotatable bonds is 4. The lowest BCUT2D eigenvalue weighted by Crippen LogP contribution is -2.17. The number of alkyl halides is 3. The van der Waals surface area contributed by atoms with Crippen molar-refractivity contribution < 1.29 is 18.1 Å². The molecule has 11 heteroatoms. The van der Waals surface area contributed by atoms with Crippen LogP contribution in [-0.2, 0) is 0 Å². The van der Waals surface area contributed by atoms with Gasteiger partial charge in [-0.2, -0.15) is 13.2 Å². The van der Waals surface area contributed by atoms with Gasteiger partial charge in [0.25, 0.3) is 0 Å². The van der Waals surface area contributed by atoms with Crippen LogP contribution in [0.25, 0.3) is 0 Å². The first-order chi connectivity index (χ1) is 8.20. The summed E-state index contributed by atoms with van der Waals surface area (Å²) in [5, 5.41) is 10.2. The van der Waals surface area contributed by atoms with Gasteiger partial charge in [-0.1, -0.05) is 11.8 Å². The Morgan fingerprint density at radius 2 is 2.11 bits per heavy atom. The lowest BCUT2D eigenvalue weighted by molar-refractivity contribution is -0.385. The minimum Gasteiger partial charge on any atom is -0.378 e. The highest BCUT2D eigenvalue weighted by molar-refractivity contribution is 7.99. The lowest BCUT2D eigenvalue weighted by Gasteiger charge is -2.05. The Balaban J connectivity index is 2.82. The molecule has 100 valence electrons. The third kappa shape index (κ3) is 3.91. The number of halogens is 3. The molecular weight excluding hydrogens is 277 g/mol. The topological polar surface area (TPSA) is 115 Å². The SMILES string of the molecule is Nc1nc(SCCC(F)(F)F)[nH]c(=O)c1[N+](=O)[O-]. The second-order valence-electron chi connectivity index (χ2n) is 3.08. The van der Waals surface area contributed by atoms with E-state index in [1.807, 2.05) is 4.98 Å². The van der Waals surface area contributed by atoms with Gasteiger partial charge in [0.15, 0.2) is 5.16 Å². The van der Waals surface area contributed by atoms with Crippen LogP contribution in [0.3, 0.4) is 0 Å². The fourth-order valence-electron chi connectivity index (χ4n) is 0.971. The third-order valence-electron chi connectivity index (χ3n) is 1.71. The van der Waals surface area contributed by atoms with E-state index in [0.29, 0.717) is 11.8 Å². The normalized spacial score (nSPS) is 11.5. The molecule has 1 aromatic heterocycles. The molecule has 18 heavy (non-hydrogen) atoms. The lowest BCUT2D eigenvalue weighted by atomic mass is 10.5. The summed E-state index contributed by atoms with van der Waals surface area (Å²) in [5.41, 5.74) is 3.16. The van der Waals surface area contributed by atoms with E-state index in [9.17, 15) is 28.1 Å². The summed E-state index contributed by atoms with van der Waals surface area (Å²) in [6, 6.07) is 0. The fourth-order valence-corrected chi connectivity index (χ4v) is 1.83. The molecule has 0 aromatic carbocycles. The summed E-state index contributed by atoms with van der Waals surface area (Å²) in [7, 11) is 0. The maximum atomic E-state index is 11.9. The van der Waals surface area contributed by atoms with Crippen molar-refractivity contribution in [1.82, 2.24) is 9.97 Å². The molecule has 0 bridgehead atoms. The second-order valence-corrected chi connectivity index (χ2v) is 4.16. The molecule has 0 saturated carbocycles. The molecule has 0 aliphatic carbocycles. The van der Waals surface area contributed by atoms with E-state index in [0.717, 1.165) is 0 Å². The molecule has 0 radical (unpaired) electrons. The standard InChI is InChI=1S/C7H7F3N4O3S/c8-7(9,10)1-2-18-6-12-4(11)3(14(16)17)5(15)13-6/h1-2H2,(H3,11,12,13,15). The fraction of sp³-hybridized carbons (Fsp3) is 0.429. The first kappa shape index (κ1) is 14.3. The molecule has 7 nitrogen and oxygen atoms in total. The molecule has 0 fully saturated rings. The molecule has 3 N–H and O–H groups in total. The van der Waals surface area contributed by atoms with Crippen molar-refractivity contribution >= 4 is 23.3 Å². The van der Waals surface area contributed by atoms with Gasteiger partial charge < -0.3 is 5.73 Å². The monoisotopic (exact) mass is 284 g/mol. The molecule has 1 heterocycles. The summed E-state index contributed by atoms with van der Waals surface area (Å²) in [4.78, 5) is 26.1. The number of hydrogen-bond donors (Lipinski definition) is 2. The van der Waals surface area contributed by atoms with Crippen LogP contribution in [-0.4, -0.2) is 26.8 Å². The van der Waals surface area contributed by atoms with Crippen LogP contribution >= 0.6 is 11.8 Å². The zero-order valence-corrected chi connectivity index (χ0v) is 9.47. The van der Waals surface area contributed by atoms with Crippen LogP contribution in [0, 0.1) is 10.1 Å². The third-order valence-corrected chi connectivity index (χ3v) is 2.58. The molecule has 0 aliphatic rings. The zero-order valence-electron chi connectivity index (χ0n) is 8.65. The molecular formula is C7H7F3N4O3S. The number of nitrogens with zero attached hydrogens (tertiary/aromatic N) is 2. The van der Waals surface area contributed by atoms with E-state index in [1.165, 1.54) is 0 Å². The van der Waals surface area contributed by atoms with E-state index in [1.54, 1.807) is 0 Å². The number of nitrogen functional groups attached to an aromatic ring is 1. The summed E-state index contributed by atoms with van der Waals surface area (Å²) in [5.74, 6) is -0.998. The summed E-state index contributed by atoms with van der Waals surface area (Å²) < 4.78 is 35.6. The van der Waals surface area contributed by atoms with E-state index < -0.39 is 34.6 Å². The van der Waals surface area contributed by atoms with E-state index >= 15 is 0 Å². The van der Waals surface area contributed by atoms with Gasteiger partial charge in [-0.3, -0.25) is 19.9 Å². The first-order valence-electron chi connectivity index (χ1n) is 4.44. The van der Waals surface area contributed by atoms with Gasteiger partial charge >= 0.3 is 17.4 Å². The van der Waals surface area contributed by atoms with Crippen molar-refractivity contribution in [3.63, 3.8) is 0 Å². The first-order valence-corrected chi connectivity index (χ1v) is 5.43. The summed E-state index contributed by atoms with van der Waals surface area (Å²) in [6.07, 6.45) is -5.39. The average molecular weight is 284 g/mol. The van der Waals surface area contributed by atoms with Crippen LogP contribution in [0.1, 0.15) is 6.42 Å². The van der Waals surface area contributed by atoms with Crippen LogP contribution in [0.5, 0.6) is 0 Å². The van der Waals surface area contributed by atoms with E-state index in [2.05, 4.69) is 4.98 Å². The highest BCUT2D eigenvalue weighted by Crippen LogP contribution is 2.25. The summed E-state index contributed by atoms with van der Waals surface area (Å²) >= 11 is 0.607. The van der Waals surface area contributed by atoms with Crippen molar-refractivity contribution in [1.29, 1.82) is 0 Å². The maximum absolute atomic E-state index is 11.9. The molecule has 0 atom stereocenters. The summed E-state index contributed by atoms with van der Waals surface area (Å²) in [6.45, 7) is 0. The minimum absolute atomic E-state index is 0.188. The molecule has 0 saturated heterocycles. The smallest absolute Gasteiger partial charge is 0.378 e. The van der Waals surface area contributed by atoms with Crippen molar-refractivity contribution in [2.75, 3.05) is 11.5 Å². The minimum atomic E-state index is -4.32. The average Bonchev–Trinajstić information content (AvgIpc) is 2.13. The Labute approximate surface area is 102 Å². The number of H-pyrrole nitrogens is 1. The van der Waals surface area contributed by atoms with Gasteiger partial charge in [-0.25, -0.2) is 4.98 Å². The van der Waals surface area contributed by atoms with Crippen molar-refractivity contribution in [3.05, 3.63) is 20.5 Å². The number of nitro groups is 1. The van der Waals surface area contributed by atoms with Gasteiger partial charge in [0.1, 0.15) is 0 Å². The van der Waals surface area contributed by atoms with Crippen LogP contribution in [0.2, 0.25) is 0 Å². The van der Waals surface area contributed by atoms with Gasteiger partial charge in [0.2, 0.25) is 5.82 Å². The van der Waals surface area contributed by atoms with Gasteiger partial charge in [-0.05, 0) is 0 Å². The number of aromatic amines is 1. The number of hydrogen-bond acceptors (Lipinski definition) is 6. The number of nitrogens with one attached hydrogen (secondary N) is 1. The number of anilines is 1. The maximum Gasteiger partial charge on any atom is 0.389 e. The zero-order chi connectivity index (χ0) is 13.9. The van der Waals surface area contributed by atoms with Crippen molar-refractivity contribution in [2.24, 2.45) is 0 Å². The van der Waals surface area contributed by atoms with Gasteiger partial charge in [-0.15, -0.1) is 0 Å². The number of aromatic nitrogens is 2. The van der Waals surface area contributed by atoms with Crippen LogP contribution < -0.4 is 11.3 Å². The second kappa shape index (κ2) is 5.25. The van der Waals surface area contributed by atoms with Crippen LogP contribution in [0.4, 0.5) is 24.7 Å². The van der Waals surface area contributed by atoms with Gasteiger partial charge in [0, 0.05) is 5.75 Å². The van der Waals surface area contributed by atoms with E-state index in [4.69, 9.17) is 5.73 Å². The number of thioether (sulfide) groups is 1. The van der Waals surface area contributed by atoms with Crippen molar-refractivity contribution in [3.8, 4) is 0 Å². The Morgan fingerprint density at radius 1 is 1.50 bits per heavy atom. The van der Waals surface area contributed by atoms with E-state index in [-0.39, 0.29) is 10.9 Å². The highest BCUT2D eigenvalue weighted by Gasteiger charge is 2.27. The Kier molecular flexibility index (Phi) is 4.16. The Bertz CT molecular complexity index is 516. The molecule has 1 aromatic rings. The molecule has 0 amide bonds. The quantitative estimate of drug-likeness (QED) is 0.373. The number of nitrogens with two attached hydrogens (primary N) is 1. The van der Waals surface area contributed by atoms with Gasteiger partial charge in [0.05, 0.1) is 11.3 Å². The Hall–Kier alpha value is -1.78. The predicted molar refractivity (Wildman–Crippen MR) is 57.3 cm³/mol. The predicted octanol–water partition coefficient (Wildman–Crippen LogP) is 1.30.